The lowest BCUT2D eigenvalue weighted by molar-refractivity contribution is -0.137. The number of carbonyl (C=O) groups is 3. The van der Waals surface area contributed by atoms with Crippen molar-refractivity contribution < 1.29 is 37.7 Å². The number of nitrogens with one attached hydrogen (secondary N) is 2. The molecule has 10 nitrogen and oxygen atoms in total. The van der Waals surface area contributed by atoms with Crippen LogP contribution < -0.4 is 24.8 Å². The highest BCUT2D eigenvalue weighted by molar-refractivity contribution is 8.04. The maximum absolute atomic E-state index is 13.5. The van der Waals surface area contributed by atoms with Crippen molar-refractivity contribution in [1.29, 1.82) is 0 Å². The third kappa shape index (κ3) is 6.84. The van der Waals surface area contributed by atoms with Crippen molar-refractivity contribution in [2.24, 2.45) is 0 Å². The second kappa shape index (κ2) is 13.9. The van der Waals surface area contributed by atoms with Crippen molar-refractivity contribution in [2.45, 2.75) is 11.3 Å². The number of hydrogen-bond donors (Lipinski definition) is 2. The van der Waals surface area contributed by atoms with E-state index in [2.05, 4.69) is 10.6 Å². The Morgan fingerprint density at radius 1 is 0.881 bits per heavy atom. The predicted octanol–water partition coefficient (Wildman–Crippen LogP) is 4.92. The average Bonchev–Trinajstić information content (AvgIpc) is 3.21. The standard InChI is InChI=1S/C30H30FN3O7S/c1-38-14-6-13-34-29(36)25(32-20-11-9-19(31)10-12-20)27(30(34)37)42-22-8-5-7-21(17-22)33-28(35)18-15-23(39-2)26(41-4)24(16-18)40-3/h5,7-12,15-17,32H,6,13-14H2,1-4H3,(H,33,35). The summed E-state index contributed by atoms with van der Waals surface area (Å²) in [4.78, 5) is 41.7. The van der Waals surface area contributed by atoms with Gasteiger partial charge in [0.15, 0.2) is 11.5 Å². The Hall–Kier alpha value is -4.55. The van der Waals surface area contributed by atoms with Gasteiger partial charge in [0.05, 0.1) is 21.3 Å². The lowest BCUT2D eigenvalue weighted by atomic mass is 10.1. The average molecular weight is 596 g/mol. The van der Waals surface area contributed by atoms with Gasteiger partial charge in [-0.3, -0.25) is 19.3 Å². The molecule has 0 atom stereocenters. The van der Waals surface area contributed by atoms with E-state index < -0.39 is 23.5 Å². The number of rotatable bonds is 13. The lowest BCUT2D eigenvalue weighted by Crippen LogP contribution is -2.33. The molecule has 0 aromatic heterocycles. The summed E-state index contributed by atoms with van der Waals surface area (Å²) in [5, 5.41) is 5.82. The number of methoxy groups -OCH3 is 4. The summed E-state index contributed by atoms with van der Waals surface area (Å²) >= 11 is 1.08. The first-order valence-corrected chi connectivity index (χ1v) is 13.6. The molecule has 3 aromatic rings. The number of amides is 3. The van der Waals surface area contributed by atoms with E-state index in [1.54, 1.807) is 31.4 Å². The number of hydrogen-bond acceptors (Lipinski definition) is 9. The summed E-state index contributed by atoms with van der Waals surface area (Å²) in [6, 6.07) is 15.4. The fourth-order valence-electron chi connectivity index (χ4n) is 4.18. The van der Waals surface area contributed by atoms with Crippen LogP contribution in [0.15, 0.2) is 76.2 Å². The van der Waals surface area contributed by atoms with Crippen molar-refractivity contribution >= 4 is 40.9 Å². The number of anilines is 2. The normalized spacial score (nSPS) is 12.9. The molecular formula is C30H30FN3O7S. The van der Waals surface area contributed by atoms with Gasteiger partial charge >= 0.3 is 0 Å². The van der Waals surface area contributed by atoms with E-state index in [4.69, 9.17) is 18.9 Å². The Balaban J connectivity index is 1.59. The summed E-state index contributed by atoms with van der Waals surface area (Å²) < 4.78 is 34.5. The first-order valence-electron chi connectivity index (χ1n) is 12.8. The van der Waals surface area contributed by atoms with E-state index in [0.717, 1.165) is 16.7 Å². The van der Waals surface area contributed by atoms with Crippen LogP contribution in [0.3, 0.4) is 0 Å². The number of imide groups is 1. The molecule has 0 radical (unpaired) electrons. The zero-order chi connectivity index (χ0) is 30.2. The minimum absolute atomic E-state index is 0.0842. The molecule has 12 heteroatoms. The van der Waals surface area contributed by atoms with Crippen LogP contribution in [0.1, 0.15) is 16.8 Å². The maximum atomic E-state index is 13.5. The molecule has 0 spiro atoms. The zero-order valence-electron chi connectivity index (χ0n) is 23.5. The molecule has 0 saturated carbocycles. The van der Waals surface area contributed by atoms with Gasteiger partial charge in [-0.2, -0.15) is 0 Å². The largest absolute Gasteiger partial charge is 0.493 e. The van der Waals surface area contributed by atoms with E-state index in [0.29, 0.717) is 46.5 Å². The van der Waals surface area contributed by atoms with Gasteiger partial charge in [0.25, 0.3) is 17.7 Å². The van der Waals surface area contributed by atoms with Gasteiger partial charge in [0.2, 0.25) is 5.75 Å². The molecule has 0 aliphatic carbocycles. The van der Waals surface area contributed by atoms with E-state index in [1.807, 2.05) is 0 Å². The van der Waals surface area contributed by atoms with Crippen LogP contribution in [-0.4, -0.2) is 64.2 Å². The predicted molar refractivity (Wildman–Crippen MR) is 157 cm³/mol. The van der Waals surface area contributed by atoms with Crippen LogP contribution in [0.2, 0.25) is 0 Å². The summed E-state index contributed by atoms with van der Waals surface area (Å²) in [5.74, 6) is -0.777. The zero-order valence-corrected chi connectivity index (χ0v) is 24.3. The molecule has 0 unspecified atom stereocenters. The molecule has 3 aromatic carbocycles. The minimum atomic E-state index is -0.491. The maximum Gasteiger partial charge on any atom is 0.278 e. The first kappa shape index (κ1) is 30.4. The van der Waals surface area contributed by atoms with Gasteiger partial charge < -0.3 is 29.6 Å². The molecular weight excluding hydrogens is 565 g/mol. The topological polar surface area (TPSA) is 115 Å². The van der Waals surface area contributed by atoms with Gasteiger partial charge in [-0.15, -0.1) is 0 Å². The molecule has 3 amide bonds. The van der Waals surface area contributed by atoms with E-state index in [-0.39, 0.29) is 22.7 Å². The highest BCUT2D eigenvalue weighted by Crippen LogP contribution is 2.39. The van der Waals surface area contributed by atoms with E-state index in [1.165, 1.54) is 57.7 Å². The quantitative estimate of drug-likeness (QED) is 0.210. The van der Waals surface area contributed by atoms with Crippen LogP contribution in [-0.2, 0) is 14.3 Å². The van der Waals surface area contributed by atoms with Crippen molar-refractivity contribution in [2.75, 3.05) is 52.2 Å². The number of thioether (sulfide) groups is 1. The van der Waals surface area contributed by atoms with Gasteiger partial charge in [-0.1, -0.05) is 17.8 Å². The molecule has 220 valence electrons. The molecule has 0 fully saturated rings. The van der Waals surface area contributed by atoms with Gasteiger partial charge in [-0.25, -0.2) is 4.39 Å². The SMILES string of the molecule is COCCCN1C(=O)C(Nc2ccc(F)cc2)=C(Sc2cccc(NC(=O)c3cc(OC)c(OC)c(OC)c3)c2)C1=O. The Labute approximate surface area is 246 Å². The van der Waals surface area contributed by atoms with Crippen molar-refractivity contribution in [3.63, 3.8) is 0 Å². The molecule has 1 aliphatic heterocycles. The summed E-state index contributed by atoms with van der Waals surface area (Å²) in [7, 11) is 5.94. The Morgan fingerprint density at radius 3 is 2.19 bits per heavy atom. The fourth-order valence-corrected chi connectivity index (χ4v) is 5.18. The monoisotopic (exact) mass is 595 g/mol. The van der Waals surface area contributed by atoms with Crippen molar-refractivity contribution in [1.82, 2.24) is 4.90 Å². The van der Waals surface area contributed by atoms with Crippen LogP contribution in [0, 0.1) is 5.82 Å². The van der Waals surface area contributed by atoms with Crippen LogP contribution in [0.4, 0.5) is 15.8 Å². The van der Waals surface area contributed by atoms with E-state index in [9.17, 15) is 18.8 Å². The number of halogens is 1. The van der Waals surface area contributed by atoms with Gasteiger partial charge in [-0.05, 0) is 61.0 Å². The fraction of sp³-hybridized carbons (Fsp3) is 0.233. The third-order valence-electron chi connectivity index (χ3n) is 6.21. The van der Waals surface area contributed by atoms with Crippen molar-refractivity contribution in [3.05, 3.63) is 82.6 Å². The lowest BCUT2D eigenvalue weighted by Gasteiger charge is -2.15. The van der Waals surface area contributed by atoms with Gasteiger partial charge in [0, 0.05) is 42.1 Å². The van der Waals surface area contributed by atoms with Crippen LogP contribution >= 0.6 is 11.8 Å². The molecule has 42 heavy (non-hydrogen) atoms. The summed E-state index contributed by atoms with van der Waals surface area (Å²) in [5.41, 5.74) is 1.28. The highest BCUT2D eigenvalue weighted by atomic mass is 32.2. The molecule has 0 bridgehead atoms. The summed E-state index contributed by atoms with van der Waals surface area (Å²) in [6.45, 7) is 0.559. The van der Waals surface area contributed by atoms with E-state index >= 15 is 0 Å². The van der Waals surface area contributed by atoms with Crippen LogP contribution in [0.5, 0.6) is 17.2 Å². The number of carbonyl (C=O) groups excluding carboxylic acids is 3. The second-order valence-corrected chi connectivity index (χ2v) is 10.0. The molecule has 1 aliphatic rings. The molecule has 1 heterocycles. The first-order chi connectivity index (χ1) is 20.3. The number of ether oxygens (including phenoxy) is 4. The number of nitrogens with zero attached hydrogens (tertiary/aromatic N) is 1. The Morgan fingerprint density at radius 2 is 1.57 bits per heavy atom. The number of benzene rings is 3. The Bertz CT molecular complexity index is 1490. The highest BCUT2D eigenvalue weighted by Gasteiger charge is 2.39. The van der Waals surface area contributed by atoms with Crippen molar-refractivity contribution in [3.8, 4) is 17.2 Å². The minimum Gasteiger partial charge on any atom is -0.493 e. The smallest absolute Gasteiger partial charge is 0.278 e. The summed E-state index contributed by atoms with van der Waals surface area (Å²) in [6.07, 6.45) is 0.470. The molecule has 0 saturated heterocycles. The van der Waals surface area contributed by atoms with Gasteiger partial charge in [0.1, 0.15) is 16.4 Å². The van der Waals surface area contributed by atoms with Crippen LogP contribution in [0.25, 0.3) is 0 Å². The molecule has 2 N–H and O–H groups in total. The second-order valence-electron chi connectivity index (χ2n) is 8.94. The molecule has 4 rings (SSSR count). The Kier molecular flexibility index (Phi) is 10.0. The third-order valence-corrected chi connectivity index (χ3v) is 7.28.